The van der Waals surface area contributed by atoms with Crippen LogP contribution in [0.1, 0.15) is 42.8 Å². The zero-order chi connectivity index (χ0) is 22.6. The van der Waals surface area contributed by atoms with Gasteiger partial charge in [-0.05, 0) is 18.6 Å². The molecule has 31 heavy (non-hydrogen) atoms. The van der Waals surface area contributed by atoms with Crippen molar-refractivity contribution in [1.82, 2.24) is 10.3 Å². The number of benzene rings is 2. The van der Waals surface area contributed by atoms with E-state index in [4.69, 9.17) is 4.42 Å². The Labute approximate surface area is 179 Å². The van der Waals surface area contributed by atoms with Gasteiger partial charge in [-0.1, -0.05) is 61.9 Å². The molecular formula is C24H25F3N2O2. The number of rotatable bonds is 7. The summed E-state index contributed by atoms with van der Waals surface area (Å²) in [6.45, 7) is 5.81. The Bertz CT molecular complexity index is 1040. The molecule has 1 N–H and O–H groups in total. The van der Waals surface area contributed by atoms with E-state index in [-0.39, 0.29) is 18.9 Å². The molecule has 1 heterocycles. The van der Waals surface area contributed by atoms with Crippen LogP contribution in [0.5, 0.6) is 0 Å². The molecule has 4 nitrogen and oxygen atoms in total. The van der Waals surface area contributed by atoms with Gasteiger partial charge < -0.3 is 9.73 Å². The van der Waals surface area contributed by atoms with Crippen molar-refractivity contribution in [3.63, 3.8) is 0 Å². The van der Waals surface area contributed by atoms with Crippen LogP contribution in [0.3, 0.4) is 0 Å². The van der Waals surface area contributed by atoms with Gasteiger partial charge in [-0.3, -0.25) is 4.79 Å². The topological polar surface area (TPSA) is 55.1 Å². The van der Waals surface area contributed by atoms with Crippen LogP contribution in [0.15, 0.2) is 59.1 Å². The van der Waals surface area contributed by atoms with E-state index in [1.54, 1.807) is 26.1 Å². The highest BCUT2D eigenvalue weighted by molar-refractivity contribution is 5.76. The molecule has 1 amide bonds. The number of nitrogens with zero attached hydrogens (tertiary/aromatic N) is 1. The molecule has 3 aromatic rings. The fourth-order valence-corrected chi connectivity index (χ4v) is 3.12. The average Bonchev–Trinajstić information content (AvgIpc) is 3.20. The zero-order valence-electron chi connectivity index (χ0n) is 17.7. The number of nitrogens with one attached hydrogen (secondary N) is 1. The van der Waals surface area contributed by atoms with E-state index in [2.05, 4.69) is 10.3 Å². The van der Waals surface area contributed by atoms with Gasteiger partial charge in [0.2, 0.25) is 5.91 Å². The lowest BCUT2D eigenvalue weighted by atomic mass is 9.83. The molecule has 0 bridgehead atoms. The second-order valence-electron chi connectivity index (χ2n) is 8.22. The lowest BCUT2D eigenvalue weighted by Crippen LogP contribution is -2.37. The maximum atomic E-state index is 13.0. The van der Waals surface area contributed by atoms with Gasteiger partial charge in [0.05, 0.1) is 11.8 Å². The Morgan fingerprint density at radius 2 is 1.74 bits per heavy atom. The van der Waals surface area contributed by atoms with Crippen LogP contribution in [0.25, 0.3) is 11.3 Å². The number of halogens is 3. The summed E-state index contributed by atoms with van der Waals surface area (Å²) in [6.07, 6.45) is -2.26. The second-order valence-corrected chi connectivity index (χ2v) is 8.22. The highest BCUT2D eigenvalue weighted by Gasteiger charge is 2.32. The van der Waals surface area contributed by atoms with Crippen molar-refractivity contribution < 1.29 is 22.4 Å². The van der Waals surface area contributed by atoms with Gasteiger partial charge in [-0.25, -0.2) is 4.98 Å². The minimum Gasteiger partial charge on any atom is -0.441 e. The maximum Gasteiger partial charge on any atom is 0.416 e. The molecule has 0 radical (unpaired) electrons. The smallest absolute Gasteiger partial charge is 0.416 e. The Morgan fingerprint density at radius 1 is 1.06 bits per heavy atom. The van der Waals surface area contributed by atoms with Crippen LogP contribution in [0.4, 0.5) is 13.2 Å². The van der Waals surface area contributed by atoms with Crippen molar-refractivity contribution >= 4 is 5.91 Å². The second kappa shape index (κ2) is 8.96. The van der Waals surface area contributed by atoms with Crippen molar-refractivity contribution in [1.29, 1.82) is 0 Å². The summed E-state index contributed by atoms with van der Waals surface area (Å²) in [7, 11) is 0. The minimum atomic E-state index is -4.40. The molecule has 7 heteroatoms. The van der Waals surface area contributed by atoms with E-state index in [9.17, 15) is 18.0 Å². The highest BCUT2D eigenvalue weighted by Crippen LogP contribution is 2.32. The van der Waals surface area contributed by atoms with Crippen molar-refractivity contribution in [3.05, 3.63) is 77.3 Å². The molecule has 0 atom stereocenters. The van der Waals surface area contributed by atoms with Crippen LogP contribution < -0.4 is 5.32 Å². The van der Waals surface area contributed by atoms with Crippen molar-refractivity contribution in [2.45, 2.75) is 45.2 Å². The third-order valence-electron chi connectivity index (χ3n) is 5.15. The van der Waals surface area contributed by atoms with Crippen molar-refractivity contribution in [2.75, 3.05) is 6.54 Å². The molecule has 164 valence electrons. The van der Waals surface area contributed by atoms with E-state index in [0.29, 0.717) is 23.6 Å². The summed E-state index contributed by atoms with van der Waals surface area (Å²) < 4.78 is 44.6. The van der Waals surface area contributed by atoms with Gasteiger partial charge in [0, 0.05) is 30.4 Å². The molecule has 0 aliphatic heterocycles. The fourth-order valence-electron chi connectivity index (χ4n) is 3.12. The molecule has 0 saturated carbocycles. The molecule has 0 aliphatic carbocycles. The van der Waals surface area contributed by atoms with Crippen LogP contribution >= 0.6 is 0 Å². The molecular weight excluding hydrogens is 405 g/mol. The SMILES string of the molecule is Cc1ccc(-c2cnc(CCC(=O)NCC(C)(C)c3cccc(C(F)(F)F)c3)o2)cc1. The number of oxazole rings is 1. The lowest BCUT2D eigenvalue weighted by Gasteiger charge is -2.26. The molecule has 0 unspecified atom stereocenters. The summed E-state index contributed by atoms with van der Waals surface area (Å²) in [5.41, 5.74) is 1.22. The summed E-state index contributed by atoms with van der Waals surface area (Å²) in [4.78, 5) is 16.5. The van der Waals surface area contributed by atoms with E-state index < -0.39 is 17.2 Å². The van der Waals surface area contributed by atoms with Gasteiger partial charge in [-0.2, -0.15) is 13.2 Å². The quantitative estimate of drug-likeness (QED) is 0.524. The van der Waals surface area contributed by atoms with Crippen molar-refractivity contribution in [3.8, 4) is 11.3 Å². The normalized spacial score (nSPS) is 12.1. The Morgan fingerprint density at radius 3 is 2.42 bits per heavy atom. The van der Waals surface area contributed by atoms with Crippen LogP contribution in [-0.2, 0) is 22.8 Å². The lowest BCUT2D eigenvalue weighted by molar-refractivity contribution is -0.137. The first kappa shape index (κ1) is 22.6. The summed E-state index contributed by atoms with van der Waals surface area (Å²) in [5, 5.41) is 2.80. The van der Waals surface area contributed by atoms with E-state index in [1.165, 1.54) is 6.07 Å². The van der Waals surface area contributed by atoms with Crippen molar-refractivity contribution in [2.24, 2.45) is 0 Å². The molecule has 0 fully saturated rings. The first-order valence-corrected chi connectivity index (χ1v) is 10.0. The minimum absolute atomic E-state index is 0.173. The summed E-state index contributed by atoms with van der Waals surface area (Å²) >= 11 is 0. The first-order chi connectivity index (χ1) is 14.5. The first-order valence-electron chi connectivity index (χ1n) is 10.0. The zero-order valence-corrected chi connectivity index (χ0v) is 17.7. The number of aryl methyl sites for hydroxylation is 2. The molecule has 3 rings (SSSR count). The largest absolute Gasteiger partial charge is 0.441 e. The average molecular weight is 430 g/mol. The predicted octanol–water partition coefficient (Wildman–Crippen LogP) is 5.70. The summed E-state index contributed by atoms with van der Waals surface area (Å²) in [6, 6.07) is 13.1. The third-order valence-corrected chi connectivity index (χ3v) is 5.15. The molecule has 0 aliphatic rings. The Kier molecular flexibility index (Phi) is 6.53. The van der Waals surface area contributed by atoms with Gasteiger partial charge in [0.25, 0.3) is 0 Å². The number of amides is 1. The van der Waals surface area contributed by atoms with Crippen LogP contribution in [-0.4, -0.2) is 17.4 Å². The number of carbonyl (C=O) groups excluding carboxylic acids is 1. The summed E-state index contributed by atoms with van der Waals surface area (Å²) in [5.74, 6) is 0.888. The molecule has 0 saturated heterocycles. The molecule has 1 aromatic heterocycles. The number of aromatic nitrogens is 1. The fraction of sp³-hybridized carbons (Fsp3) is 0.333. The van der Waals surface area contributed by atoms with Gasteiger partial charge in [-0.15, -0.1) is 0 Å². The van der Waals surface area contributed by atoms with E-state index >= 15 is 0 Å². The third kappa shape index (κ3) is 5.96. The monoisotopic (exact) mass is 430 g/mol. The molecule has 0 spiro atoms. The number of alkyl halides is 3. The van der Waals surface area contributed by atoms with Gasteiger partial charge in [0.15, 0.2) is 11.7 Å². The standard InChI is InChI=1S/C24H25F3N2O2/c1-16-7-9-17(10-8-16)20-14-28-22(31-20)12-11-21(30)29-15-23(2,3)18-5-4-6-19(13-18)24(25,26)27/h4-10,13-14H,11-12,15H2,1-3H3,(H,29,30). The van der Waals surface area contributed by atoms with Crippen LogP contribution in [0.2, 0.25) is 0 Å². The van der Waals surface area contributed by atoms with Crippen LogP contribution in [0, 0.1) is 6.92 Å². The number of hydrogen-bond donors (Lipinski definition) is 1. The van der Waals surface area contributed by atoms with E-state index in [0.717, 1.165) is 23.3 Å². The number of carbonyl (C=O) groups is 1. The predicted molar refractivity (Wildman–Crippen MR) is 112 cm³/mol. The maximum absolute atomic E-state index is 13.0. The Hall–Kier alpha value is -3.09. The number of hydrogen-bond acceptors (Lipinski definition) is 3. The highest BCUT2D eigenvalue weighted by atomic mass is 19.4. The van der Waals surface area contributed by atoms with Gasteiger partial charge >= 0.3 is 6.18 Å². The Balaban J connectivity index is 1.54. The van der Waals surface area contributed by atoms with Gasteiger partial charge in [0.1, 0.15) is 0 Å². The molecule has 2 aromatic carbocycles. The van der Waals surface area contributed by atoms with E-state index in [1.807, 2.05) is 31.2 Å².